The van der Waals surface area contributed by atoms with Gasteiger partial charge in [0.1, 0.15) is 41.2 Å². The van der Waals surface area contributed by atoms with Crippen LogP contribution < -0.4 is 10.1 Å². The molecule has 4 aromatic rings. The molecule has 0 atom stereocenters. The summed E-state index contributed by atoms with van der Waals surface area (Å²) in [5, 5.41) is 12.0. The van der Waals surface area contributed by atoms with E-state index >= 15 is 0 Å². The molecule has 2 N–H and O–H groups in total. The van der Waals surface area contributed by atoms with E-state index in [-0.39, 0.29) is 17.5 Å². The Morgan fingerprint density at radius 2 is 1.91 bits per heavy atom. The van der Waals surface area contributed by atoms with Gasteiger partial charge in [0.2, 0.25) is 5.91 Å². The molecule has 4 rings (SSSR count). The van der Waals surface area contributed by atoms with Crippen molar-refractivity contribution in [3.63, 3.8) is 0 Å². The number of nitrogens with one attached hydrogen (secondary N) is 1. The molecular weight excluding hydrogens is 449 g/mol. The number of carbonyl (C=O) groups is 1. The Kier molecular flexibility index (Phi) is 6.63. The highest BCUT2D eigenvalue weighted by Gasteiger charge is 2.12. The van der Waals surface area contributed by atoms with E-state index in [0.29, 0.717) is 45.6 Å². The minimum absolute atomic E-state index is 0.00126. The van der Waals surface area contributed by atoms with E-state index in [2.05, 4.69) is 5.32 Å². The van der Waals surface area contributed by atoms with Gasteiger partial charge in [0.15, 0.2) is 0 Å². The van der Waals surface area contributed by atoms with Crippen LogP contribution in [-0.4, -0.2) is 18.1 Å². The molecule has 6 nitrogen and oxygen atoms in total. The van der Waals surface area contributed by atoms with E-state index in [1.165, 1.54) is 31.4 Å². The highest BCUT2D eigenvalue weighted by atomic mass is 35.5. The third kappa shape index (κ3) is 5.16. The molecule has 0 aliphatic rings. The zero-order valence-electron chi connectivity index (χ0n) is 17.5. The van der Waals surface area contributed by atoms with Crippen LogP contribution >= 0.6 is 11.6 Å². The number of carbonyl (C=O) groups excluding carboxylic acids is 1. The maximum atomic E-state index is 13.3. The van der Waals surface area contributed by atoms with E-state index in [1.54, 1.807) is 48.5 Å². The van der Waals surface area contributed by atoms with Gasteiger partial charge in [0.05, 0.1) is 17.7 Å². The predicted molar refractivity (Wildman–Crippen MR) is 123 cm³/mol. The molecule has 0 radical (unpaired) electrons. The number of rotatable bonds is 7. The smallest absolute Gasteiger partial charge is 0.248 e. The second-order valence-corrected chi connectivity index (χ2v) is 7.40. The van der Waals surface area contributed by atoms with Gasteiger partial charge in [0.25, 0.3) is 0 Å². The van der Waals surface area contributed by atoms with Crippen LogP contribution in [0.2, 0.25) is 5.02 Å². The first kappa shape index (κ1) is 22.4. The molecule has 2 aromatic carbocycles. The van der Waals surface area contributed by atoms with Gasteiger partial charge in [-0.25, -0.2) is 4.39 Å². The molecule has 0 spiro atoms. The van der Waals surface area contributed by atoms with Crippen molar-refractivity contribution in [3.05, 3.63) is 89.1 Å². The monoisotopic (exact) mass is 467 g/mol. The molecule has 1 amide bonds. The van der Waals surface area contributed by atoms with Crippen molar-refractivity contribution in [1.29, 1.82) is 0 Å². The average molecular weight is 468 g/mol. The zero-order chi connectivity index (χ0) is 23.4. The van der Waals surface area contributed by atoms with Crippen molar-refractivity contribution < 1.29 is 27.9 Å². The molecule has 2 heterocycles. The van der Waals surface area contributed by atoms with Crippen LogP contribution in [0.1, 0.15) is 11.5 Å². The van der Waals surface area contributed by atoms with E-state index < -0.39 is 5.82 Å². The van der Waals surface area contributed by atoms with Gasteiger partial charge in [-0.3, -0.25) is 4.79 Å². The van der Waals surface area contributed by atoms with Crippen LogP contribution in [0, 0.1) is 5.82 Å². The lowest BCUT2D eigenvalue weighted by molar-refractivity contribution is -0.111. The Morgan fingerprint density at radius 3 is 2.64 bits per heavy atom. The molecule has 2 aromatic heterocycles. The summed E-state index contributed by atoms with van der Waals surface area (Å²) in [6.07, 6.45) is 2.86. The number of benzene rings is 2. The summed E-state index contributed by atoms with van der Waals surface area (Å²) < 4.78 is 30.0. The molecular formula is C25H19ClFNO5. The molecule has 0 bridgehead atoms. The highest BCUT2D eigenvalue weighted by molar-refractivity contribution is 6.31. The number of ether oxygens (including phenoxy) is 1. The van der Waals surface area contributed by atoms with Gasteiger partial charge in [0, 0.05) is 17.3 Å². The van der Waals surface area contributed by atoms with Crippen LogP contribution in [0.5, 0.6) is 5.75 Å². The number of anilines is 1. The van der Waals surface area contributed by atoms with E-state index in [9.17, 15) is 14.3 Å². The number of halogens is 2. The number of hydrogen-bond acceptors (Lipinski definition) is 5. The van der Waals surface area contributed by atoms with Crippen LogP contribution in [0.4, 0.5) is 10.1 Å². The SMILES string of the molecule is COc1ccc(NC(=O)/C=C/c2ccc(-c3ccc(F)c(Cl)c3)o2)cc1-c1ccc(CO)o1. The molecule has 0 fully saturated rings. The fraction of sp³-hybridized carbons (Fsp3) is 0.0800. The standard InChI is InChI=1S/C25H19ClFNO5/c1-31-23-8-3-16(13-19(23)24-10-5-18(14-29)33-24)28-25(30)11-6-17-4-9-22(32-17)15-2-7-21(27)20(26)12-15/h2-13,29H,14H2,1H3,(H,28,30)/b11-6+. The Balaban J connectivity index is 1.47. The Morgan fingerprint density at radius 1 is 1.09 bits per heavy atom. The third-order valence-electron chi connectivity index (χ3n) is 4.78. The molecule has 0 aliphatic carbocycles. The number of amides is 1. The average Bonchev–Trinajstić information content (AvgIpc) is 3.49. The lowest BCUT2D eigenvalue weighted by Gasteiger charge is -2.09. The number of furan rings is 2. The highest BCUT2D eigenvalue weighted by Crippen LogP contribution is 2.34. The van der Waals surface area contributed by atoms with Crippen LogP contribution in [0.15, 0.2) is 75.6 Å². The van der Waals surface area contributed by atoms with E-state index in [4.69, 9.17) is 25.2 Å². The van der Waals surface area contributed by atoms with Crippen molar-refractivity contribution in [2.45, 2.75) is 6.61 Å². The predicted octanol–water partition coefficient (Wildman–Crippen LogP) is 6.15. The van der Waals surface area contributed by atoms with Gasteiger partial charge < -0.3 is 24.0 Å². The number of methoxy groups -OCH3 is 1. The molecule has 0 saturated carbocycles. The second-order valence-electron chi connectivity index (χ2n) is 6.99. The molecule has 0 saturated heterocycles. The van der Waals surface area contributed by atoms with E-state index in [1.807, 2.05) is 0 Å². The maximum absolute atomic E-state index is 13.3. The summed E-state index contributed by atoms with van der Waals surface area (Å²) in [6.45, 7) is -0.216. The van der Waals surface area contributed by atoms with Gasteiger partial charge in [-0.05, 0) is 66.7 Å². The Labute approximate surface area is 193 Å². The second kappa shape index (κ2) is 9.77. The fourth-order valence-corrected chi connectivity index (χ4v) is 3.36. The molecule has 0 unspecified atom stereocenters. The lowest BCUT2D eigenvalue weighted by atomic mass is 10.1. The largest absolute Gasteiger partial charge is 0.496 e. The first-order chi connectivity index (χ1) is 16.0. The van der Waals surface area contributed by atoms with Gasteiger partial charge in [-0.1, -0.05) is 11.6 Å². The molecule has 33 heavy (non-hydrogen) atoms. The number of hydrogen-bond donors (Lipinski definition) is 2. The first-order valence-corrected chi connectivity index (χ1v) is 10.3. The summed E-state index contributed by atoms with van der Waals surface area (Å²) in [7, 11) is 1.53. The summed E-state index contributed by atoms with van der Waals surface area (Å²) >= 11 is 5.82. The Bertz CT molecular complexity index is 1320. The zero-order valence-corrected chi connectivity index (χ0v) is 18.2. The summed E-state index contributed by atoms with van der Waals surface area (Å²) in [4.78, 5) is 12.4. The van der Waals surface area contributed by atoms with Gasteiger partial charge >= 0.3 is 0 Å². The summed E-state index contributed by atoms with van der Waals surface area (Å²) in [6, 6.07) is 16.2. The minimum atomic E-state index is -0.508. The summed E-state index contributed by atoms with van der Waals surface area (Å²) in [5.74, 6) is 1.56. The van der Waals surface area contributed by atoms with Crippen molar-refractivity contribution in [2.75, 3.05) is 12.4 Å². The number of aliphatic hydroxyl groups is 1. The molecule has 168 valence electrons. The van der Waals surface area contributed by atoms with Gasteiger partial charge in [-0.15, -0.1) is 0 Å². The van der Waals surface area contributed by atoms with Crippen LogP contribution in [-0.2, 0) is 11.4 Å². The van der Waals surface area contributed by atoms with Crippen molar-refractivity contribution in [1.82, 2.24) is 0 Å². The molecule has 8 heteroatoms. The fourth-order valence-electron chi connectivity index (χ4n) is 3.17. The Hall–Kier alpha value is -3.81. The van der Waals surface area contributed by atoms with Crippen molar-refractivity contribution in [2.24, 2.45) is 0 Å². The number of aliphatic hydroxyl groups excluding tert-OH is 1. The van der Waals surface area contributed by atoms with Crippen LogP contribution in [0.3, 0.4) is 0 Å². The van der Waals surface area contributed by atoms with Crippen molar-refractivity contribution >= 4 is 29.3 Å². The van der Waals surface area contributed by atoms with Gasteiger partial charge in [-0.2, -0.15) is 0 Å². The topological polar surface area (TPSA) is 84.8 Å². The van der Waals surface area contributed by atoms with Crippen molar-refractivity contribution in [3.8, 4) is 28.4 Å². The minimum Gasteiger partial charge on any atom is -0.496 e. The third-order valence-corrected chi connectivity index (χ3v) is 5.07. The summed E-state index contributed by atoms with van der Waals surface area (Å²) in [5.41, 5.74) is 1.79. The molecule has 0 aliphatic heterocycles. The van der Waals surface area contributed by atoms with Crippen LogP contribution in [0.25, 0.3) is 28.7 Å². The quantitative estimate of drug-likeness (QED) is 0.318. The lowest BCUT2D eigenvalue weighted by Crippen LogP contribution is -2.07. The first-order valence-electron chi connectivity index (χ1n) is 9.89. The normalized spacial score (nSPS) is 11.2. The maximum Gasteiger partial charge on any atom is 0.248 e. The van der Waals surface area contributed by atoms with E-state index in [0.717, 1.165) is 0 Å².